The van der Waals surface area contributed by atoms with E-state index in [-0.39, 0.29) is 23.4 Å². The first-order chi connectivity index (χ1) is 18.5. The summed E-state index contributed by atoms with van der Waals surface area (Å²) in [6.45, 7) is 11.9. The van der Waals surface area contributed by atoms with Crippen LogP contribution in [0.3, 0.4) is 0 Å². The number of piperidine rings is 1. The lowest BCUT2D eigenvalue weighted by atomic mass is 9.91. The van der Waals surface area contributed by atoms with Crippen LogP contribution in [-0.2, 0) is 6.18 Å². The minimum absolute atomic E-state index is 0.0628. The third-order valence-corrected chi connectivity index (χ3v) is 8.35. The van der Waals surface area contributed by atoms with Crippen molar-refractivity contribution in [1.82, 2.24) is 14.7 Å². The Hall–Kier alpha value is -2.07. The van der Waals surface area contributed by atoms with Crippen LogP contribution in [0.2, 0.25) is 0 Å². The van der Waals surface area contributed by atoms with Gasteiger partial charge < -0.3 is 10.2 Å². The number of hydrogen-bond acceptors (Lipinski definition) is 6. The zero-order valence-electron chi connectivity index (χ0n) is 23.7. The molecule has 10 heteroatoms. The molecule has 3 rings (SSSR count). The van der Waals surface area contributed by atoms with Gasteiger partial charge in [-0.15, -0.1) is 0 Å². The number of aromatic nitrogens is 2. The SMILES string of the molecule is CCCC(C)CC(CC(C)CC)NSc1ccc(Nc2ncc(C(F)(F)F)c(N3CCCC(C)C3)n2)c(F)c1. The molecule has 39 heavy (non-hydrogen) atoms. The van der Waals surface area contributed by atoms with Crippen LogP contribution < -0.4 is 14.9 Å². The number of hydrogen-bond donors (Lipinski definition) is 2. The number of rotatable bonds is 13. The Balaban J connectivity index is 1.72. The Morgan fingerprint density at radius 1 is 1.15 bits per heavy atom. The van der Waals surface area contributed by atoms with Gasteiger partial charge in [0.1, 0.15) is 17.2 Å². The van der Waals surface area contributed by atoms with Crippen LogP contribution in [0.1, 0.15) is 85.1 Å². The van der Waals surface area contributed by atoms with E-state index in [1.807, 2.05) is 6.92 Å². The van der Waals surface area contributed by atoms with Gasteiger partial charge in [0, 0.05) is 30.2 Å². The summed E-state index contributed by atoms with van der Waals surface area (Å²) >= 11 is 1.42. The summed E-state index contributed by atoms with van der Waals surface area (Å²) in [6.07, 6.45) is 3.55. The molecule has 4 unspecified atom stereocenters. The maximum atomic E-state index is 15.1. The predicted molar refractivity (Wildman–Crippen MR) is 153 cm³/mol. The molecule has 0 spiro atoms. The first-order valence-corrected chi connectivity index (χ1v) is 15.0. The Morgan fingerprint density at radius 2 is 1.90 bits per heavy atom. The van der Waals surface area contributed by atoms with Crippen molar-refractivity contribution in [3.8, 4) is 0 Å². The van der Waals surface area contributed by atoms with E-state index in [9.17, 15) is 13.2 Å². The summed E-state index contributed by atoms with van der Waals surface area (Å²) in [6, 6.07) is 5.11. The van der Waals surface area contributed by atoms with E-state index in [4.69, 9.17) is 0 Å². The summed E-state index contributed by atoms with van der Waals surface area (Å²) in [7, 11) is 0. The number of halogens is 4. The first kappa shape index (κ1) is 31.5. The third kappa shape index (κ3) is 9.52. The minimum atomic E-state index is -4.58. The summed E-state index contributed by atoms with van der Waals surface area (Å²) in [5.74, 6) is 0.739. The van der Waals surface area contributed by atoms with Crippen molar-refractivity contribution in [2.24, 2.45) is 17.8 Å². The highest BCUT2D eigenvalue weighted by molar-refractivity contribution is 7.97. The van der Waals surface area contributed by atoms with Crippen LogP contribution in [0.15, 0.2) is 29.3 Å². The van der Waals surface area contributed by atoms with Crippen molar-refractivity contribution in [2.75, 3.05) is 23.3 Å². The van der Waals surface area contributed by atoms with Gasteiger partial charge in [-0.05, 0) is 73.6 Å². The molecule has 2 N–H and O–H groups in total. The average Bonchev–Trinajstić information content (AvgIpc) is 2.88. The lowest BCUT2D eigenvalue weighted by Crippen LogP contribution is -2.36. The molecule has 2 aromatic rings. The molecule has 218 valence electrons. The molecule has 5 nitrogen and oxygen atoms in total. The topological polar surface area (TPSA) is 53.1 Å². The number of nitrogens with one attached hydrogen (secondary N) is 2. The van der Waals surface area contributed by atoms with Crippen molar-refractivity contribution < 1.29 is 17.6 Å². The van der Waals surface area contributed by atoms with E-state index in [1.165, 1.54) is 24.4 Å². The highest BCUT2D eigenvalue weighted by Gasteiger charge is 2.37. The molecule has 1 saturated heterocycles. The molecule has 2 heterocycles. The first-order valence-electron chi connectivity index (χ1n) is 14.2. The Morgan fingerprint density at radius 3 is 2.54 bits per heavy atom. The Labute approximate surface area is 235 Å². The van der Waals surface area contributed by atoms with Gasteiger partial charge in [0.25, 0.3) is 0 Å². The smallest absolute Gasteiger partial charge is 0.356 e. The number of benzene rings is 1. The molecule has 0 saturated carbocycles. The fourth-order valence-corrected chi connectivity index (χ4v) is 5.92. The van der Waals surface area contributed by atoms with Crippen LogP contribution in [-0.4, -0.2) is 29.1 Å². The van der Waals surface area contributed by atoms with Gasteiger partial charge >= 0.3 is 6.18 Å². The van der Waals surface area contributed by atoms with Crippen LogP contribution in [0.25, 0.3) is 0 Å². The Kier molecular flexibility index (Phi) is 11.7. The molecule has 1 aromatic heterocycles. The van der Waals surface area contributed by atoms with E-state index >= 15 is 4.39 Å². The monoisotopic (exact) mass is 569 g/mol. The fourth-order valence-electron chi connectivity index (χ4n) is 5.13. The van der Waals surface area contributed by atoms with Crippen LogP contribution in [0, 0.1) is 23.6 Å². The van der Waals surface area contributed by atoms with Gasteiger partial charge in [0.15, 0.2) is 0 Å². The maximum absolute atomic E-state index is 15.1. The molecule has 0 radical (unpaired) electrons. The molecule has 0 aliphatic carbocycles. The normalized spacial score (nSPS) is 18.6. The molecule has 4 atom stereocenters. The van der Waals surface area contributed by atoms with E-state index in [2.05, 4.69) is 47.7 Å². The highest BCUT2D eigenvalue weighted by atomic mass is 32.2. The lowest BCUT2D eigenvalue weighted by molar-refractivity contribution is -0.137. The third-order valence-electron chi connectivity index (χ3n) is 7.41. The van der Waals surface area contributed by atoms with Gasteiger partial charge in [-0.1, -0.05) is 53.9 Å². The fraction of sp³-hybridized carbons (Fsp3) is 0.655. The van der Waals surface area contributed by atoms with Gasteiger partial charge in [-0.25, -0.2) is 9.37 Å². The summed E-state index contributed by atoms with van der Waals surface area (Å²) in [5.41, 5.74) is -0.759. The molecular formula is C29H43F4N5S. The standard InChI is InChI=1S/C29H43F4N5S/c1-6-9-20(4)15-22(14-19(3)7-2)37-39-23-11-12-26(25(30)16-23)35-28-34-17-24(29(31,32)33)27(36-28)38-13-8-10-21(5)18-38/h11-12,16-17,19-22,37H,6-10,13-15,18H2,1-5H3,(H,34,35,36). The average molecular weight is 570 g/mol. The number of anilines is 3. The van der Waals surface area contributed by atoms with Gasteiger partial charge in [-0.2, -0.15) is 18.2 Å². The predicted octanol–water partition coefficient (Wildman–Crippen LogP) is 8.84. The molecule has 0 bridgehead atoms. The molecule has 1 aliphatic rings. The summed E-state index contributed by atoms with van der Waals surface area (Å²) in [4.78, 5) is 10.4. The van der Waals surface area contributed by atoms with Crippen molar-refractivity contribution in [3.63, 3.8) is 0 Å². The zero-order valence-corrected chi connectivity index (χ0v) is 24.6. The molecule has 1 aromatic carbocycles. The largest absolute Gasteiger partial charge is 0.421 e. The van der Waals surface area contributed by atoms with E-state index in [0.717, 1.165) is 49.6 Å². The van der Waals surface area contributed by atoms with Gasteiger partial charge in [0.05, 0.1) is 5.69 Å². The lowest BCUT2D eigenvalue weighted by Gasteiger charge is -2.33. The zero-order chi connectivity index (χ0) is 28.6. The summed E-state index contributed by atoms with van der Waals surface area (Å²) < 4.78 is 59.7. The number of nitrogens with zero attached hydrogens (tertiary/aromatic N) is 3. The Bertz CT molecular complexity index is 1050. The summed E-state index contributed by atoms with van der Waals surface area (Å²) in [5, 5.41) is 2.79. The van der Waals surface area contributed by atoms with E-state index in [1.54, 1.807) is 17.0 Å². The number of alkyl halides is 3. The van der Waals surface area contributed by atoms with Crippen LogP contribution >= 0.6 is 11.9 Å². The quantitative estimate of drug-likeness (QED) is 0.186. The van der Waals surface area contributed by atoms with Crippen molar-refractivity contribution in [2.45, 2.75) is 96.7 Å². The molecular weight excluding hydrogens is 526 g/mol. The van der Waals surface area contributed by atoms with E-state index < -0.39 is 17.6 Å². The minimum Gasteiger partial charge on any atom is -0.356 e. The van der Waals surface area contributed by atoms with Crippen LogP contribution in [0.5, 0.6) is 0 Å². The second-order valence-electron chi connectivity index (χ2n) is 11.2. The molecule has 1 aliphatic heterocycles. The highest BCUT2D eigenvalue weighted by Crippen LogP contribution is 2.37. The van der Waals surface area contributed by atoms with Gasteiger partial charge in [-0.3, -0.25) is 4.72 Å². The second kappa shape index (κ2) is 14.5. The molecule has 0 amide bonds. The maximum Gasteiger partial charge on any atom is 0.421 e. The van der Waals surface area contributed by atoms with Crippen LogP contribution in [0.4, 0.5) is 35.0 Å². The van der Waals surface area contributed by atoms with Gasteiger partial charge in [0.2, 0.25) is 5.95 Å². The van der Waals surface area contributed by atoms with E-state index in [0.29, 0.717) is 31.0 Å². The molecule has 1 fully saturated rings. The second-order valence-corrected chi connectivity index (χ2v) is 12.1. The van der Waals surface area contributed by atoms with Crippen molar-refractivity contribution >= 4 is 29.4 Å². The van der Waals surface area contributed by atoms with Crippen molar-refractivity contribution in [3.05, 3.63) is 35.8 Å². The van der Waals surface area contributed by atoms with Crippen molar-refractivity contribution in [1.29, 1.82) is 0 Å².